The van der Waals surface area contributed by atoms with Crippen molar-refractivity contribution in [2.24, 2.45) is 4.40 Å². The van der Waals surface area contributed by atoms with Crippen LogP contribution in [0.2, 0.25) is 0 Å². The molecule has 1 atom stereocenters. The SMILES string of the molecule is O=C([C@H]1CN(C(=O)C2=CN3CCS(=O)(=O)N=C3C=C2)c2ccccc2O1)N1CCCCC1. The molecule has 5 rings (SSSR count). The van der Waals surface area contributed by atoms with Gasteiger partial charge in [0, 0.05) is 25.8 Å². The number of sulfonamides is 1. The third-order valence-corrected chi connectivity index (χ3v) is 7.20. The quantitative estimate of drug-likeness (QED) is 0.665. The lowest BCUT2D eigenvalue weighted by molar-refractivity contribution is -0.139. The van der Waals surface area contributed by atoms with Gasteiger partial charge >= 0.3 is 0 Å². The molecule has 10 heteroatoms. The van der Waals surface area contributed by atoms with Gasteiger partial charge in [0.1, 0.15) is 11.6 Å². The van der Waals surface area contributed by atoms with Crippen LogP contribution in [0.1, 0.15) is 19.3 Å². The van der Waals surface area contributed by atoms with E-state index in [0.717, 1.165) is 19.3 Å². The zero-order chi connectivity index (χ0) is 22.3. The highest BCUT2D eigenvalue weighted by Crippen LogP contribution is 2.35. The number of anilines is 1. The number of hydrogen-bond acceptors (Lipinski definition) is 6. The number of carbonyl (C=O) groups is 2. The molecule has 1 saturated heterocycles. The van der Waals surface area contributed by atoms with Crippen LogP contribution in [0.15, 0.2) is 52.6 Å². The molecule has 1 aromatic rings. The van der Waals surface area contributed by atoms with Gasteiger partial charge < -0.3 is 19.4 Å². The molecule has 0 bridgehead atoms. The summed E-state index contributed by atoms with van der Waals surface area (Å²) in [5.74, 6) is 0.319. The van der Waals surface area contributed by atoms with Crippen molar-refractivity contribution in [1.82, 2.24) is 9.80 Å². The molecule has 0 unspecified atom stereocenters. The minimum Gasteiger partial charge on any atom is -0.476 e. The molecule has 9 nitrogen and oxygen atoms in total. The number of amidine groups is 1. The molecule has 4 aliphatic heterocycles. The Labute approximate surface area is 186 Å². The molecular weight excluding hydrogens is 432 g/mol. The average molecular weight is 457 g/mol. The van der Waals surface area contributed by atoms with E-state index in [-0.39, 0.29) is 30.7 Å². The van der Waals surface area contributed by atoms with Crippen molar-refractivity contribution in [2.75, 3.05) is 36.8 Å². The number of amides is 2. The molecule has 0 spiro atoms. The minimum atomic E-state index is -3.47. The van der Waals surface area contributed by atoms with E-state index in [1.165, 1.54) is 6.08 Å². The fourth-order valence-electron chi connectivity index (χ4n) is 4.36. The second-order valence-corrected chi connectivity index (χ2v) is 9.98. The zero-order valence-electron chi connectivity index (χ0n) is 17.5. The molecule has 2 amide bonds. The van der Waals surface area contributed by atoms with Gasteiger partial charge in [0.25, 0.3) is 21.8 Å². The Bertz CT molecular complexity index is 1150. The Hall–Kier alpha value is -3.14. The van der Waals surface area contributed by atoms with E-state index in [4.69, 9.17) is 4.74 Å². The third kappa shape index (κ3) is 3.90. The van der Waals surface area contributed by atoms with E-state index in [9.17, 15) is 18.0 Å². The van der Waals surface area contributed by atoms with Crippen molar-refractivity contribution < 1.29 is 22.7 Å². The summed E-state index contributed by atoms with van der Waals surface area (Å²) in [6, 6.07) is 7.19. The number of fused-ring (bicyclic) bond motifs is 2. The van der Waals surface area contributed by atoms with E-state index >= 15 is 0 Å². The molecule has 0 N–H and O–H groups in total. The fourth-order valence-corrected chi connectivity index (χ4v) is 5.33. The maximum atomic E-state index is 13.5. The number of para-hydroxylation sites is 2. The topological polar surface area (TPSA) is 99.6 Å². The standard InChI is InChI=1S/C22H24N4O5S/c27-21(16-8-9-20-23-32(29,30)13-12-25(20)14-16)26-15-19(22(28)24-10-4-1-5-11-24)31-18-7-3-2-6-17(18)26/h2-3,6-9,14,19H,1,4-5,10-13,15H2/t19-/m1/s1. The van der Waals surface area contributed by atoms with Gasteiger partial charge in [-0.3, -0.25) is 9.59 Å². The Kier molecular flexibility index (Phi) is 5.24. The van der Waals surface area contributed by atoms with Crippen molar-refractivity contribution in [3.05, 3.63) is 48.2 Å². The smallest absolute Gasteiger partial charge is 0.265 e. The Morgan fingerprint density at radius 2 is 1.81 bits per heavy atom. The van der Waals surface area contributed by atoms with Crippen LogP contribution >= 0.6 is 0 Å². The number of nitrogens with zero attached hydrogens (tertiary/aromatic N) is 4. The summed E-state index contributed by atoms with van der Waals surface area (Å²) in [7, 11) is -3.47. The van der Waals surface area contributed by atoms with Crippen molar-refractivity contribution >= 4 is 33.4 Å². The molecular formula is C22H24N4O5S. The van der Waals surface area contributed by atoms with Crippen LogP contribution in [0.3, 0.4) is 0 Å². The highest BCUT2D eigenvalue weighted by atomic mass is 32.2. The lowest BCUT2D eigenvalue weighted by atomic mass is 10.1. The minimum absolute atomic E-state index is 0.0965. The second kappa shape index (κ2) is 8.09. The first kappa shape index (κ1) is 20.7. The zero-order valence-corrected chi connectivity index (χ0v) is 18.3. The van der Waals surface area contributed by atoms with Crippen LogP contribution in [0.25, 0.3) is 0 Å². The van der Waals surface area contributed by atoms with Gasteiger partial charge in [-0.15, -0.1) is 4.40 Å². The normalized spacial score (nSPS) is 24.0. The summed E-state index contributed by atoms with van der Waals surface area (Å²) < 4.78 is 33.2. The van der Waals surface area contributed by atoms with Crippen molar-refractivity contribution in [1.29, 1.82) is 0 Å². The summed E-state index contributed by atoms with van der Waals surface area (Å²) >= 11 is 0. The first-order valence-corrected chi connectivity index (χ1v) is 12.4. The molecule has 0 aliphatic carbocycles. The average Bonchev–Trinajstić information content (AvgIpc) is 2.82. The predicted octanol–water partition coefficient (Wildman–Crippen LogP) is 1.29. The Morgan fingerprint density at radius 1 is 1.03 bits per heavy atom. The van der Waals surface area contributed by atoms with Crippen LogP contribution in [0.4, 0.5) is 5.69 Å². The van der Waals surface area contributed by atoms with E-state index < -0.39 is 16.1 Å². The molecule has 168 valence electrons. The maximum absolute atomic E-state index is 13.5. The van der Waals surface area contributed by atoms with Gasteiger partial charge in [0.2, 0.25) is 0 Å². The van der Waals surface area contributed by atoms with Crippen molar-refractivity contribution in [3.63, 3.8) is 0 Å². The highest BCUT2D eigenvalue weighted by molar-refractivity contribution is 7.90. The summed E-state index contributed by atoms with van der Waals surface area (Å²) in [6.07, 6.45) is 7.03. The fraction of sp³-hybridized carbons (Fsp3) is 0.409. The summed E-state index contributed by atoms with van der Waals surface area (Å²) in [4.78, 5) is 31.7. The summed E-state index contributed by atoms with van der Waals surface area (Å²) in [5.41, 5.74) is 0.999. The van der Waals surface area contributed by atoms with Gasteiger partial charge in [-0.05, 0) is 43.5 Å². The summed E-state index contributed by atoms with van der Waals surface area (Å²) in [5, 5.41) is 0. The number of hydrogen-bond donors (Lipinski definition) is 0. The van der Waals surface area contributed by atoms with Crippen molar-refractivity contribution in [3.8, 4) is 5.75 Å². The number of likely N-dealkylation sites (tertiary alicyclic amines) is 1. The van der Waals surface area contributed by atoms with E-state index in [1.54, 1.807) is 34.2 Å². The second-order valence-electron chi connectivity index (χ2n) is 8.22. The monoisotopic (exact) mass is 456 g/mol. The van der Waals surface area contributed by atoms with Crippen LogP contribution in [-0.4, -0.2) is 73.9 Å². The number of piperidine rings is 1. The highest BCUT2D eigenvalue weighted by Gasteiger charge is 2.37. The first-order chi connectivity index (χ1) is 15.4. The van der Waals surface area contributed by atoms with Crippen LogP contribution in [-0.2, 0) is 19.6 Å². The van der Waals surface area contributed by atoms with Crippen LogP contribution in [0, 0.1) is 0 Å². The molecule has 1 fully saturated rings. The first-order valence-electron chi connectivity index (χ1n) is 10.8. The van der Waals surface area contributed by atoms with Crippen LogP contribution < -0.4 is 9.64 Å². The molecule has 4 heterocycles. The Balaban J connectivity index is 1.42. The third-order valence-electron chi connectivity index (χ3n) is 6.03. The number of benzene rings is 1. The van der Waals surface area contributed by atoms with Gasteiger partial charge in [0.15, 0.2) is 6.10 Å². The van der Waals surface area contributed by atoms with E-state index in [1.807, 2.05) is 17.0 Å². The molecule has 4 aliphatic rings. The molecule has 0 saturated carbocycles. The molecule has 0 aromatic heterocycles. The number of rotatable bonds is 2. The number of ether oxygens (including phenoxy) is 1. The molecule has 32 heavy (non-hydrogen) atoms. The van der Waals surface area contributed by atoms with Gasteiger partial charge in [-0.2, -0.15) is 0 Å². The maximum Gasteiger partial charge on any atom is 0.265 e. The van der Waals surface area contributed by atoms with Gasteiger partial charge in [0.05, 0.1) is 23.6 Å². The van der Waals surface area contributed by atoms with E-state index in [0.29, 0.717) is 35.9 Å². The lowest BCUT2D eigenvalue weighted by Crippen LogP contribution is -2.53. The van der Waals surface area contributed by atoms with E-state index in [2.05, 4.69) is 4.40 Å². The Morgan fingerprint density at radius 3 is 2.62 bits per heavy atom. The van der Waals surface area contributed by atoms with Gasteiger partial charge in [-0.25, -0.2) is 8.42 Å². The van der Waals surface area contributed by atoms with Gasteiger partial charge in [-0.1, -0.05) is 12.1 Å². The van der Waals surface area contributed by atoms with Crippen LogP contribution in [0.5, 0.6) is 5.75 Å². The lowest BCUT2D eigenvalue weighted by Gasteiger charge is -2.38. The largest absolute Gasteiger partial charge is 0.476 e. The summed E-state index contributed by atoms with van der Waals surface area (Å²) in [6.45, 7) is 1.77. The predicted molar refractivity (Wildman–Crippen MR) is 119 cm³/mol. The molecule has 0 radical (unpaired) electrons. The molecule has 1 aromatic carbocycles. The number of carbonyl (C=O) groups excluding carboxylic acids is 2. The van der Waals surface area contributed by atoms with Crippen molar-refractivity contribution in [2.45, 2.75) is 25.4 Å².